The lowest BCUT2D eigenvalue weighted by molar-refractivity contribution is -0.141. The van der Waals surface area contributed by atoms with Crippen LogP contribution in [0.3, 0.4) is 0 Å². The maximum atomic E-state index is 12.7. The Morgan fingerprint density at radius 3 is 2.36 bits per heavy atom. The van der Waals surface area contributed by atoms with Gasteiger partial charge in [-0.2, -0.15) is 13.2 Å². The van der Waals surface area contributed by atoms with Crippen molar-refractivity contribution in [1.29, 1.82) is 0 Å². The van der Waals surface area contributed by atoms with Crippen LogP contribution in [0.25, 0.3) is 11.0 Å². The third-order valence-corrected chi connectivity index (χ3v) is 2.60. The van der Waals surface area contributed by atoms with E-state index in [1.54, 1.807) is 0 Å². The van der Waals surface area contributed by atoms with Crippen LogP contribution in [0.2, 0.25) is 0 Å². The molecule has 2 aromatic rings. The number of halogens is 3. The van der Waals surface area contributed by atoms with Gasteiger partial charge in [-0.3, -0.25) is 0 Å². The number of alkyl halides is 3. The molecule has 2 heterocycles. The highest BCUT2D eigenvalue weighted by Crippen LogP contribution is 2.30. The van der Waals surface area contributed by atoms with Gasteiger partial charge >= 0.3 is 19.3 Å². The average Bonchev–Trinajstić information content (AvgIpc) is 2.90. The first-order chi connectivity index (χ1) is 10.2. The molecule has 0 bridgehead atoms. The zero-order valence-corrected chi connectivity index (χ0v) is 12.0. The lowest BCUT2D eigenvalue weighted by atomic mass is 9.86. The van der Waals surface area contributed by atoms with Crippen LogP contribution in [0.5, 0.6) is 0 Å². The number of methoxy groups -OCH3 is 1. The number of carbonyl (C=O) groups is 1. The topological polar surface area (TPSA) is 95.4 Å². The molecule has 0 amide bonds. The molecule has 22 heavy (non-hydrogen) atoms. The molecular formula is C12H14BF3N2O4. The van der Waals surface area contributed by atoms with Crippen molar-refractivity contribution in [3.05, 3.63) is 23.4 Å². The summed E-state index contributed by atoms with van der Waals surface area (Å²) in [5.74, 6) is -0.985. The molecule has 0 saturated heterocycles. The SMILES string of the molecule is CC.COC(=O)c1cc(C(F)(F)F)nc2[nH]c(B(O)O)cc12. The fourth-order valence-electron chi connectivity index (χ4n) is 1.69. The molecule has 0 fully saturated rings. The average molecular weight is 318 g/mol. The fraction of sp³-hybridized carbons (Fsp3) is 0.333. The molecule has 10 heteroatoms. The fourth-order valence-corrected chi connectivity index (χ4v) is 1.69. The second-order valence-electron chi connectivity index (χ2n) is 3.91. The molecule has 0 unspecified atom stereocenters. The number of hydrogen-bond donors (Lipinski definition) is 3. The second kappa shape index (κ2) is 6.80. The highest BCUT2D eigenvalue weighted by Gasteiger charge is 2.35. The molecule has 0 aliphatic rings. The Kier molecular flexibility index (Phi) is 5.56. The molecule has 0 radical (unpaired) electrons. The Balaban J connectivity index is 0.00000116. The van der Waals surface area contributed by atoms with Crippen molar-refractivity contribution in [1.82, 2.24) is 9.97 Å². The Hall–Kier alpha value is -2.07. The molecule has 6 nitrogen and oxygen atoms in total. The zero-order chi connectivity index (χ0) is 17.1. The van der Waals surface area contributed by atoms with Gasteiger partial charge in [-0.15, -0.1) is 0 Å². The first kappa shape index (κ1) is 18.0. The second-order valence-corrected chi connectivity index (χ2v) is 3.91. The van der Waals surface area contributed by atoms with Gasteiger partial charge in [0, 0.05) is 11.0 Å². The minimum Gasteiger partial charge on any atom is -0.465 e. The van der Waals surface area contributed by atoms with Crippen LogP contribution >= 0.6 is 0 Å². The molecule has 0 aliphatic heterocycles. The van der Waals surface area contributed by atoms with E-state index in [2.05, 4.69) is 14.7 Å². The normalized spacial score (nSPS) is 10.9. The van der Waals surface area contributed by atoms with Crippen molar-refractivity contribution in [2.24, 2.45) is 0 Å². The van der Waals surface area contributed by atoms with Gasteiger partial charge < -0.3 is 19.8 Å². The number of nitrogens with zero attached hydrogens (tertiary/aromatic N) is 1. The van der Waals surface area contributed by atoms with Crippen molar-refractivity contribution >= 4 is 29.7 Å². The van der Waals surface area contributed by atoms with Crippen LogP contribution in [0.15, 0.2) is 12.1 Å². The van der Waals surface area contributed by atoms with E-state index in [1.165, 1.54) is 0 Å². The highest BCUT2D eigenvalue weighted by atomic mass is 19.4. The first-order valence-corrected chi connectivity index (χ1v) is 6.29. The summed E-state index contributed by atoms with van der Waals surface area (Å²) in [7, 11) is -0.903. The highest BCUT2D eigenvalue weighted by molar-refractivity contribution is 6.58. The van der Waals surface area contributed by atoms with Gasteiger partial charge in [-0.25, -0.2) is 9.78 Å². The number of carbonyl (C=O) groups excluding carboxylic acids is 1. The third-order valence-electron chi connectivity index (χ3n) is 2.60. The van der Waals surface area contributed by atoms with E-state index in [-0.39, 0.29) is 22.2 Å². The van der Waals surface area contributed by atoms with Crippen LogP contribution in [0.1, 0.15) is 29.9 Å². The molecule has 0 atom stereocenters. The minimum atomic E-state index is -4.75. The molecular weight excluding hydrogens is 304 g/mol. The smallest absolute Gasteiger partial charge is 0.465 e. The predicted octanol–water partition coefficient (Wildman–Crippen LogP) is 1.07. The van der Waals surface area contributed by atoms with Gasteiger partial charge in [-0.1, -0.05) is 13.8 Å². The van der Waals surface area contributed by atoms with Crippen LogP contribution in [-0.4, -0.2) is 40.2 Å². The number of H-pyrrole nitrogens is 1. The molecule has 3 N–H and O–H groups in total. The molecule has 0 aromatic carbocycles. The van der Waals surface area contributed by atoms with Crippen molar-refractivity contribution in [3.63, 3.8) is 0 Å². The summed E-state index contributed by atoms with van der Waals surface area (Å²) in [5, 5.41) is 18.0. The number of aromatic amines is 1. The van der Waals surface area contributed by atoms with E-state index in [4.69, 9.17) is 10.0 Å². The van der Waals surface area contributed by atoms with Crippen LogP contribution in [-0.2, 0) is 10.9 Å². The number of esters is 1. The third kappa shape index (κ3) is 3.57. The summed E-state index contributed by atoms with van der Waals surface area (Å²) in [6.45, 7) is 4.00. The maximum absolute atomic E-state index is 12.7. The monoisotopic (exact) mass is 318 g/mol. The van der Waals surface area contributed by atoms with E-state index in [0.717, 1.165) is 13.2 Å². The van der Waals surface area contributed by atoms with Crippen molar-refractivity contribution < 1.29 is 32.8 Å². The van der Waals surface area contributed by atoms with E-state index >= 15 is 0 Å². The first-order valence-electron chi connectivity index (χ1n) is 6.29. The van der Waals surface area contributed by atoms with Crippen LogP contribution in [0, 0.1) is 0 Å². The maximum Gasteiger partial charge on any atom is 0.505 e. The van der Waals surface area contributed by atoms with Crippen molar-refractivity contribution in [2.75, 3.05) is 7.11 Å². The number of nitrogens with one attached hydrogen (secondary N) is 1. The van der Waals surface area contributed by atoms with E-state index in [1.807, 2.05) is 13.8 Å². The van der Waals surface area contributed by atoms with E-state index in [0.29, 0.717) is 6.07 Å². The lowest BCUT2D eigenvalue weighted by Gasteiger charge is -2.08. The molecule has 2 rings (SSSR count). The van der Waals surface area contributed by atoms with Gasteiger partial charge in [0.2, 0.25) is 0 Å². The summed E-state index contributed by atoms with van der Waals surface area (Å²) >= 11 is 0. The molecule has 0 aliphatic carbocycles. The summed E-state index contributed by atoms with van der Waals surface area (Å²) in [5.41, 5.74) is -2.13. The van der Waals surface area contributed by atoms with Gasteiger partial charge in [0.1, 0.15) is 11.3 Å². The lowest BCUT2D eigenvalue weighted by Crippen LogP contribution is -2.30. The molecule has 120 valence electrons. The zero-order valence-electron chi connectivity index (χ0n) is 12.0. The van der Waals surface area contributed by atoms with Gasteiger partial charge in [0.05, 0.1) is 12.7 Å². The van der Waals surface area contributed by atoms with Crippen molar-refractivity contribution in [3.8, 4) is 0 Å². The Labute approximate surface area is 124 Å². The van der Waals surface area contributed by atoms with E-state index < -0.39 is 25.0 Å². The number of hydrogen-bond acceptors (Lipinski definition) is 5. The van der Waals surface area contributed by atoms with Crippen molar-refractivity contribution in [2.45, 2.75) is 20.0 Å². The Bertz CT molecular complexity index is 670. The van der Waals surface area contributed by atoms with Gasteiger partial charge in [0.15, 0.2) is 0 Å². The van der Waals surface area contributed by atoms with Crippen LogP contribution < -0.4 is 5.59 Å². The largest absolute Gasteiger partial charge is 0.505 e. The summed E-state index contributed by atoms with van der Waals surface area (Å²) in [4.78, 5) is 17.2. The Morgan fingerprint density at radius 1 is 1.32 bits per heavy atom. The summed E-state index contributed by atoms with van der Waals surface area (Å²) in [6, 6.07) is 1.68. The summed E-state index contributed by atoms with van der Waals surface area (Å²) in [6.07, 6.45) is -4.75. The number of fused-ring (bicyclic) bond motifs is 1. The predicted molar refractivity (Wildman–Crippen MR) is 73.6 cm³/mol. The minimum absolute atomic E-state index is 0.00736. The molecule has 0 spiro atoms. The number of aromatic nitrogens is 2. The number of pyridine rings is 1. The number of rotatable bonds is 2. The molecule has 0 saturated carbocycles. The summed E-state index contributed by atoms with van der Waals surface area (Å²) < 4.78 is 42.5. The molecule has 2 aromatic heterocycles. The number of ether oxygens (including phenoxy) is 1. The standard InChI is InChI=1S/C10H8BF3N2O4.C2H6/c1-20-9(17)5-2-6(10(12,13)14)15-8-4(5)3-7(16-8)11(18)19;1-2/h2-3,18-19H,1H3,(H,15,16);1-2H3. The van der Waals surface area contributed by atoms with Gasteiger partial charge in [0.25, 0.3) is 0 Å². The van der Waals surface area contributed by atoms with Crippen LogP contribution in [0.4, 0.5) is 13.2 Å². The van der Waals surface area contributed by atoms with E-state index in [9.17, 15) is 18.0 Å². The van der Waals surface area contributed by atoms with Gasteiger partial charge in [-0.05, 0) is 12.1 Å². The quantitative estimate of drug-likeness (QED) is 0.569. The Morgan fingerprint density at radius 2 is 1.91 bits per heavy atom.